The third-order valence-electron chi connectivity index (χ3n) is 2.62. The number of carbonyl (C=O) groups excluding carboxylic acids is 3. The van der Waals surface area contributed by atoms with Crippen molar-refractivity contribution in [3.63, 3.8) is 0 Å². The smallest absolute Gasteiger partial charge is 0.318 e. The first-order chi connectivity index (χ1) is 9.92. The summed E-state index contributed by atoms with van der Waals surface area (Å²) in [5, 5.41) is 2.23. The van der Waals surface area contributed by atoms with E-state index < -0.39 is 23.8 Å². The van der Waals surface area contributed by atoms with Crippen molar-refractivity contribution in [2.45, 2.75) is 6.04 Å². The van der Waals surface area contributed by atoms with Gasteiger partial charge >= 0.3 is 5.91 Å². The second-order valence-electron chi connectivity index (χ2n) is 3.99. The number of carbonyl (C=O) groups is 3. The van der Waals surface area contributed by atoms with Crippen LogP contribution >= 0.6 is 22.6 Å². The minimum absolute atomic E-state index is 0.291. The molecule has 2 N–H and O–H groups in total. The van der Waals surface area contributed by atoms with E-state index in [1.807, 2.05) is 0 Å². The normalized spacial score (nSPS) is 11.4. The molecule has 0 aliphatic carbocycles. The van der Waals surface area contributed by atoms with Gasteiger partial charge in [0.1, 0.15) is 0 Å². The molecule has 0 radical (unpaired) electrons. The zero-order chi connectivity index (χ0) is 16.0. The summed E-state index contributed by atoms with van der Waals surface area (Å²) in [4.78, 5) is 46.8. The van der Waals surface area contributed by atoms with Crippen molar-refractivity contribution >= 4 is 40.3 Å². The van der Waals surface area contributed by atoms with Gasteiger partial charge in [-0.1, -0.05) is 0 Å². The highest BCUT2D eigenvalue weighted by molar-refractivity contribution is 14.1. The van der Waals surface area contributed by atoms with E-state index >= 15 is 0 Å². The molecule has 0 fully saturated rings. The second-order valence-corrected chi connectivity index (χ2v) is 5.24. The van der Waals surface area contributed by atoms with Crippen molar-refractivity contribution in [1.82, 2.24) is 15.8 Å². The number of amides is 3. The molecular formula is C12H13IN4O4. The molecule has 0 aliphatic rings. The maximum atomic E-state index is 12.3. The molecule has 1 aromatic rings. The molecule has 9 heteroatoms. The van der Waals surface area contributed by atoms with Crippen LogP contribution < -0.4 is 10.9 Å². The molecule has 0 saturated heterocycles. The fourth-order valence-electron chi connectivity index (χ4n) is 1.61. The van der Waals surface area contributed by atoms with Gasteiger partial charge in [0.25, 0.3) is 11.8 Å². The van der Waals surface area contributed by atoms with Crippen LogP contribution in [-0.2, 0) is 9.59 Å². The van der Waals surface area contributed by atoms with Crippen LogP contribution in [0.1, 0.15) is 10.4 Å². The lowest BCUT2D eigenvalue weighted by Gasteiger charge is -2.23. The Labute approximate surface area is 134 Å². The number of nitrogens with zero attached hydrogens (tertiary/aromatic N) is 2. The lowest BCUT2D eigenvalue weighted by Crippen LogP contribution is -2.54. The van der Waals surface area contributed by atoms with Gasteiger partial charge < -0.3 is 4.90 Å². The largest absolute Gasteiger partial charge is 0.321 e. The van der Waals surface area contributed by atoms with E-state index in [1.54, 1.807) is 24.3 Å². The molecule has 112 valence electrons. The quantitative estimate of drug-likeness (QED) is 0.317. The molecule has 3 amide bonds. The third-order valence-corrected chi connectivity index (χ3v) is 3.34. The Morgan fingerprint density at radius 2 is 1.81 bits per heavy atom. The summed E-state index contributed by atoms with van der Waals surface area (Å²) >= 11 is 2.08. The van der Waals surface area contributed by atoms with Gasteiger partial charge in [0, 0.05) is 28.4 Å². The van der Waals surface area contributed by atoms with Crippen LogP contribution in [0.5, 0.6) is 0 Å². The summed E-state index contributed by atoms with van der Waals surface area (Å²) < 4.78 is 0.932. The van der Waals surface area contributed by atoms with Crippen molar-refractivity contribution in [3.05, 3.63) is 38.3 Å². The molecule has 21 heavy (non-hydrogen) atoms. The van der Waals surface area contributed by atoms with E-state index in [0.29, 0.717) is 5.56 Å². The van der Waals surface area contributed by atoms with Crippen molar-refractivity contribution in [1.29, 1.82) is 0 Å². The summed E-state index contributed by atoms with van der Waals surface area (Å²) in [6.45, 7) is 0. The Morgan fingerprint density at radius 1 is 1.24 bits per heavy atom. The second kappa shape index (κ2) is 7.78. The van der Waals surface area contributed by atoms with Gasteiger partial charge in [-0.2, -0.15) is 0 Å². The van der Waals surface area contributed by atoms with Gasteiger partial charge in [0.2, 0.25) is 0 Å². The SMILES string of the molecule is CNNC(=O)[C@@H](C(=O)N=O)N(C)C(=O)c1ccc(I)cc1. The maximum Gasteiger partial charge on any atom is 0.318 e. The molecule has 1 aromatic carbocycles. The summed E-state index contributed by atoms with van der Waals surface area (Å²) in [7, 11) is 2.66. The van der Waals surface area contributed by atoms with Gasteiger partial charge in [-0.3, -0.25) is 19.8 Å². The summed E-state index contributed by atoms with van der Waals surface area (Å²) in [6.07, 6.45) is 0. The van der Waals surface area contributed by atoms with Crippen molar-refractivity contribution in [3.8, 4) is 0 Å². The lowest BCUT2D eigenvalue weighted by molar-refractivity contribution is -0.134. The first-order valence-corrected chi connectivity index (χ1v) is 6.86. The molecule has 0 saturated carbocycles. The van der Waals surface area contributed by atoms with Crippen LogP contribution in [-0.4, -0.2) is 42.8 Å². The van der Waals surface area contributed by atoms with Crippen LogP contribution in [0.2, 0.25) is 0 Å². The minimum atomic E-state index is -1.62. The first kappa shape index (κ1) is 17.2. The van der Waals surface area contributed by atoms with E-state index in [1.165, 1.54) is 14.1 Å². The fourth-order valence-corrected chi connectivity index (χ4v) is 1.97. The molecule has 0 spiro atoms. The van der Waals surface area contributed by atoms with Crippen LogP contribution in [0, 0.1) is 8.48 Å². The predicted octanol–water partition coefficient (Wildman–Crippen LogP) is 0.275. The predicted molar refractivity (Wildman–Crippen MR) is 83.0 cm³/mol. The highest BCUT2D eigenvalue weighted by atomic mass is 127. The van der Waals surface area contributed by atoms with Crippen LogP contribution in [0.3, 0.4) is 0 Å². The summed E-state index contributed by atoms with van der Waals surface area (Å²) in [5.41, 5.74) is 4.78. The molecule has 1 atom stereocenters. The average Bonchev–Trinajstić information content (AvgIpc) is 2.47. The molecule has 0 aromatic heterocycles. The van der Waals surface area contributed by atoms with Crippen molar-refractivity contribution < 1.29 is 14.4 Å². The zero-order valence-corrected chi connectivity index (χ0v) is 13.4. The molecule has 1 rings (SSSR count). The molecule has 0 bridgehead atoms. The minimum Gasteiger partial charge on any atom is -0.321 e. The number of likely N-dealkylation sites (N-methyl/N-ethyl adjacent to an activating group) is 1. The van der Waals surface area contributed by atoms with E-state index in [9.17, 15) is 19.3 Å². The van der Waals surface area contributed by atoms with Gasteiger partial charge in [0.15, 0.2) is 6.04 Å². The van der Waals surface area contributed by atoms with Gasteiger partial charge in [0.05, 0.1) is 0 Å². The van der Waals surface area contributed by atoms with Gasteiger partial charge in [-0.15, -0.1) is 4.91 Å². The summed E-state index contributed by atoms with van der Waals surface area (Å²) in [6, 6.07) is 4.93. The van der Waals surface area contributed by atoms with Crippen molar-refractivity contribution in [2.24, 2.45) is 5.18 Å². The molecule has 0 heterocycles. The molecular weight excluding hydrogens is 391 g/mol. The Morgan fingerprint density at radius 3 is 2.29 bits per heavy atom. The highest BCUT2D eigenvalue weighted by Crippen LogP contribution is 2.11. The number of rotatable bonds is 5. The number of halogens is 1. The van der Waals surface area contributed by atoms with E-state index in [4.69, 9.17) is 0 Å². The highest BCUT2D eigenvalue weighted by Gasteiger charge is 2.34. The maximum absolute atomic E-state index is 12.3. The monoisotopic (exact) mass is 404 g/mol. The van der Waals surface area contributed by atoms with E-state index in [-0.39, 0.29) is 0 Å². The zero-order valence-electron chi connectivity index (χ0n) is 11.3. The molecule has 0 aliphatic heterocycles. The van der Waals surface area contributed by atoms with E-state index in [0.717, 1.165) is 8.47 Å². The summed E-state index contributed by atoms with van der Waals surface area (Å²) in [5.74, 6) is -2.66. The number of benzene rings is 1. The van der Waals surface area contributed by atoms with Gasteiger partial charge in [-0.05, 0) is 46.9 Å². The van der Waals surface area contributed by atoms with Gasteiger partial charge in [-0.25, -0.2) is 5.43 Å². The number of hydrogen-bond donors (Lipinski definition) is 2. The first-order valence-electron chi connectivity index (χ1n) is 5.79. The average molecular weight is 404 g/mol. The van der Waals surface area contributed by atoms with Crippen LogP contribution in [0.25, 0.3) is 0 Å². The number of nitroso groups, excluding NO2 is 1. The fraction of sp³-hybridized carbons (Fsp3) is 0.250. The standard InChI is InChI=1S/C12H13IN4O4/c1-14-15-10(18)9(11(19)16-21)17(2)12(20)7-3-5-8(13)6-4-7/h3-6,9,14H,1-2H3,(H,15,18)/t9-/m0/s1. The van der Waals surface area contributed by atoms with Crippen LogP contribution in [0.4, 0.5) is 0 Å². The number of hydrogen-bond acceptors (Lipinski definition) is 5. The Hall–Kier alpha value is -1.88. The number of nitrogens with one attached hydrogen (secondary N) is 2. The Bertz CT molecular complexity index is 561. The molecule has 0 unspecified atom stereocenters. The van der Waals surface area contributed by atoms with Crippen LogP contribution in [0.15, 0.2) is 29.4 Å². The Kier molecular flexibility index (Phi) is 6.37. The topological polar surface area (TPSA) is 108 Å². The number of hydrazine groups is 1. The molecule has 8 nitrogen and oxygen atoms in total. The Balaban J connectivity index is 3.04. The van der Waals surface area contributed by atoms with Crippen molar-refractivity contribution in [2.75, 3.05) is 14.1 Å². The lowest BCUT2D eigenvalue weighted by atomic mass is 10.1. The van der Waals surface area contributed by atoms with E-state index in [2.05, 4.69) is 38.6 Å². The third kappa shape index (κ3) is 4.29.